The van der Waals surface area contributed by atoms with E-state index in [2.05, 4.69) is 5.32 Å². The van der Waals surface area contributed by atoms with E-state index in [-0.39, 0.29) is 24.8 Å². The van der Waals surface area contributed by atoms with Gasteiger partial charge in [0, 0.05) is 12.6 Å². The number of hydrogen-bond acceptors (Lipinski definition) is 3. The molecule has 0 spiro atoms. The van der Waals surface area contributed by atoms with Gasteiger partial charge in [-0.05, 0) is 24.5 Å². The Morgan fingerprint density at radius 1 is 1.21 bits per heavy atom. The highest BCUT2D eigenvalue weighted by Gasteiger charge is 2.19. The van der Waals surface area contributed by atoms with Gasteiger partial charge in [-0.3, -0.25) is 0 Å². The summed E-state index contributed by atoms with van der Waals surface area (Å²) in [4.78, 5) is 0. The first-order valence-corrected chi connectivity index (χ1v) is 6.42. The zero-order valence-corrected chi connectivity index (χ0v) is 11.2. The average Bonchev–Trinajstić information content (AvgIpc) is 2.33. The van der Waals surface area contributed by atoms with Crippen LogP contribution in [0.5, 0.6) is 0 Å². The Bertz CT molecular complexity index is 379. The van der Waals surface area contributed by atoms with Crippen molar-refractivity contribution < 1.29 is 19.0 Å². The molecule has 1 aromatic rings. The molecule has 2 atom stereocenters. The molecule has 0 amide bonds. The van der Waals surface area contributed by atoms with Gasteiger partial charge in [-0.1, -0.05) is 19.9 Å². The summed E-state index contributed by atoms with van der Waals surface area (Å²) in [5, 5.41) is 21.9. The first kappa shape index (κ1) is 16.0. The highest BCUT2D eigenvalue weighted by Crippen LogP contribution is 2.20. The van der Waals surface area contributed by atoms with Gasteiger partial charge in [-0.25, -0.2) is 8.78 Å². The third kappa shape index (κ3) is 4.86. The van der Waals surface area contributed by atoms with Gasteiger partial charge in [-0.15, -0.1) is 0 Å². The Balaban J connectivity index is 2.62. The SMILES string of the molecule is CC(C)CC(CO)NCC(O)c1c(F)cccc1F. The quantitative estimate of drug-likeness (QED) is 0.712. The average molecular weight is 273 g/mol. The summed E-state index contributed by atoms with van der Waals surface area (Å²) in [6.07, 6.45) is -0.550. The van der Waals surface area contributed by atoms with Crippen molar-refractivity contribution in [3.63, 3.8) is 0 Å². The van der Waals surface area contributed by atoms with E-state index in [9.17, 15) is 19.0 Å². The molecule has 0 fully saturated rings. The van der Waals surface area contributed by atoms with E-state index < -0.39 is 17.7 Å². The molecule has 0 aromatic heterocycles. The van der Waals surface area contributed by atoms with E-state index in [4.69, 9.17) is 0 Å². The number of halogens is 2. The molecule has 0 aliphatic heterocycles. The van der Waals surface area contributed by atoms with Crippen molar-refractivity contribution in [3.05, 3.63) is 35.4 Å². The van der Waals surface area contributed by atoms with E-state index in [1.165, 1.54) is 6.07 Å². The summed E-state index contributed by atoms with van der Waals surface area (Å²) in [5.41, 5.74) is -0.337. The third-order valence-electron chi connectivity index (χ3n) is 2.91. The van der Waals surface area contributed by atoms with Crippen molar-refractivity contribution in [2.45, 2.75) is 32.4 Å². The fraction of sp³-hybridized carbons (Fsp3) is 0.571. The van der Waals surface area contributed by atoms with Crippen molar-refractivity contribution in [2.24, 2.45) is 5.92 Å². The van der Waals surface area contributed by atoms with Gasteiger partial charge < -0.3 is 15.5 Å². The number of aliphatic hydroxyl groups is 2. The summed E-state index contributed by atoms with van der Waals surface area (Å²) < 4.78 is 26.9. The third-order valence-corrected chi connectivity index (χ3v) is 2.91. The minimum absolute atomic E-state index is 0.00417. The van der Waals surface area contributed by atoms with Crippen molar-refractivity contribution in [1.82, 2.24) is 5.32 Å². The second-order valence-corrected chi connectivity index (χ2v) is 5.07. The number of rotatable bonds is 7. The van der Waals surface area contributed by atoms with Crippen molar-refractivity contribution in [2.75, 3.05) is 13.2 Å². The van der Waals surface area contributed by atoms with Crippen LogP contribution in [-0.2, 0) is 0 Å². The van der Waals surface area contributed by atoms with E-state index in [1.54, 1.807) is 0 Å². The summed E-state index contributed by atoms with van der Waals surface area (Å²) in [5.74, 6) is -1.15. The van der Waals surface area contributed by atoms with E-state index in [0.717, 1.165) is 18.6 Å². The molecular weight excluding hydrogens is 252 g/mol. The van der Waals surface area contributed by atoms with Gasteiger partial charge in [0.2, 0.25) is 0 Å². The van der Waals surface area contributed by atoms with Crippen molar-refractivity contribution in [1.29, 1.82) is 0 Å². The lowest BCUT2D eigenvalue weighted by molar-refractivity contribution is 0.146. The molecule has 0 aliphatic carbocycles. The lowest BCUT2D eigenvalue weighted by Crippen LogP contribution is -2.36. The number of nitrogens with one attached hydrogen (secondary N) is 1. The predicted octanol–water partition coefficient (Wildman–Crippen LogP) is 1.99. The normalized spacial score (nSPS) is 14.7. The maximum atomic E-state index is 13.4. The van der Waals surface area contributed by atoms with Crippen LogP contribution in [-0.4, -0.2) is 29.4 Å². The largest absolute Gasteiger partial charge is 0.395 e. The monoisotopic (exact) mass is 273 g/mol. The fourth-order valence-electron chi connectivity index (χ4n) is 2.00. The molecule has 5 heteroatoms. The second kappa shape index (κ2) is 7.53. The Kier molecular flexibility index (Phi) is 6.34. The maximum Gasteiger partial charge on any atom is 0.131 e. The van der Waals surface area contributed by atoms with Gasteiger partial charge in [0.15, 0.2) is 0 Å². The Labute approximate surface area is 112 Å². The van der Waals surface area contributed by atoms with Gasteiger partial charge >= 0.3 is 0 Å². The van der Waals surface area contributed by atoms with Crippen LogP contribution in [0.4, 0.5) is 8.78 Å². The van der Waals surface area contributed by atoms with Crippen LogP contribution in [0.3, 0.4) is 0 Å². The molecule has 108 valence electrons. The minimum Gasteiger partial charge on any atom is -0.395 e. The van der Waals surface area contributed by atoms with Crippen molar-refractivity contribution in [3.8, 4) is 0 Å². The standard InChI is InChI=1S/C14H21F2NO2/c1-9(2)6-10(8-18)17-7-13(19)14-11(15)4-3-5-12(14)16/h3-5,9-10,13,17-19H,6-8H2,1-2H3. The molecule has 1 aromatic carbocycles. The maximum absolute atomic E-state index is 13.4. The lowest BCUT2D eigenvalue weighted by atomic mass is 10.0. The van der Waals surface area contributed by atoms with Crippen LogP contribution in [0.25, 0.3) is 0 Å². The smallest absolute Gasteiger partial charge is 0.131 e. The Morgan fingerprint density at radius 3 is 2.26 bits per heavy atom. The summed E-state index contributed by atoms with van der Waals surface area (Å²) in [6.45, 7) is 3.94. The van der Waals surface area contributed by atoms with Gasteiger partial charge in [0.25, 0.3) is 0 Å². The summed E-state index contributed by atoms with van der Waals surface area (Å²) >= 11 is 0. The van der Waals surface area contributed by atoms with E-state index >= 15 is 0 Å². The van der Waals surface area contributed by atoms with Crippen LogP contribution >= 0.6 is 0 Å². The molecule has 19 heavy (non-hydrogen) atoms. The van der Waals surface area contributed by atoms with Gasteiger partial charge in [0.1, 0.15) is 11.6 Å². The zero-order chi connectivity index (χ0) is 14.4. The summed E-state index contributed by atoms with van der Waals surface area (Å²) in [6, 6.07) is 3.28. The Hall–Kier alpha value is -1.04. The summed E-state index contributed by atoms with van der Waals surface area (Å²) in [7, 11) is 0. The highest BCUT2D eigenvalue weighted by molar-refractivity contribution is 5.22. The molecule has 0 saturated heterocycles. The van der Waals surface area contributed by atoms with Crippen LogP contribution in [0.1, 0.15) is 31.9 Å². The predicted molar refractivity (Wildman–Crippen MR) is 69.6 cm³/mol. The molecule has 2 unspecified atom stereocenters. The zero-order valence-electron chi connectivity index (χ0n) is 11.2. The molecule has 1 rings (SSSR count). The lowest BCUT2D eigenvalue weighted by Gasteiger charge is -2.21. The molecule has 0 aliphatic rings. The van der Waals surface area contributed by atoms with Crippen LogP contribution in [0.15, 0.2) is 18.2 Å². The molecule has 3 nitrogen and oxygen atoms in total. The second-order valence-electron chi connectivity index (χ2n) is 5.07. The molecule has 0 bridgehead atoms. The molecule has 3 N–H and O–H groups in total. The Morgan fingerprint density at radius 2 is 1.79 bits per heavy atom. The van der Waals surface area contributed by atoms with E-state index in [1.807, 2.05) is 13.8 Å². The fourth-order valence-corrected chi connectivity index (χ4v) is 2.00. The molecule has 0 saturated carbocycles. The minimum atomic E-state index is -1.28. The van der Waals surface area contributed by atoms with Crippen LogP contribution < -0.4 is 5.32 Å². The molecule has 0 radical (unpaired) electrons. The molecular formula is C14H21F2NO2. The molecule has 0 heterocycles. The van der Waals surface area contributed by atoms with Crippen LogP contribution in [0.2, 0.25) is 0 Å². The number of aliphatic hydroxyl groups excluding tert-OH is 2. The van der Waals surface area contributed by atoms with Gasteiger partial charge in [0.05, 0.1) is 18.3 Å². The first-order valence-electron chi connectivity index (χ1n) is 6.42. The topological polar surface area (TPSA) is 52.5 Å². The van der Waals surface area contributed by atoms with Gasteiger partial charge in [-0.2, -0.15) is 0 Å². The van der Waals surface area contributed by atoms with Crippen molar-refractivity contribution >= 4 is 0 Å². The first-order chi connectivity index (χ1) is 8.95. The van der Waals surface area contributed by atoms with E-state index in [0.29, 0.717) is 5.92 Å². The highest BCUT2D eigenvalue weighted by atomic mass is 19.1. The number of benzene rings is 1. The van der Waals surface area contributed by atoms with Crippen LogP contribution in [0, 0.1) is 17.6 Å². The number of hydrogen-bond donors (Lipinski definition) is 3.